The monoisotopic (exact) mass is 278 g/mol. The molecule has 0 radical (unpaired) electrons. The van der Waals surface area contributed by atoms with Crippen molar-refractivity contribution in [3.63, 3.8) is 0 Å². The molecule has 0 aromatic carbocycles. The Labute approximate surface area is 117 Å². The van der Waals surface area contributed by atoms with Crippen LogP contribution in [-0.4, -0.2) is 24.7 Å². The summed E-state index contributed by atoms with van der Waals surface area (Å²) < 4.78 is 3.65. The SMILES string of the molecule is Cc1cc(CNC(=S)Nc2cnn(C)c2C)n(C)n1. The molecule has 2 N–H and O–H groups in total. The van der Waals surface area contributed by atoms with E-state index < -0.39 is 0 Å². The lowest BCUT2D eigenvalue weighted by Gasteiger charge is -2.10. The molecule has 0 aliphatic rings. The van der Waals surface area contributed by atoms with Crippen LogP contribution in [0, 0.1) is 13.8 Å². The number of aromatic nitrogens is 4. The van der Waals surface area contributed by atoms with Gasteiger partial charge in [0.1, 0.15) is 0 Å². The third-order valence-electron chi connectivity index (χ3n) is 3.01. The summed E-state index contributed by atoms with van der Waals surface area (Å²) in [5, 5.41) is 15.3. The predicted molar refractivity (Wildman–Crippen MR) is 79.0 cm³/mol. The molecule has 2 aromatic heterocycles. The maximum absolute atomic E-state index is 5.27. The highest BCUT2D eigenvalue weighted by atomic mass is 32.1. The molecule has 0 aliphatic carbocycles. The van der Waals surface area contributed by atoms with E-state index in [-0.39, 0.29) is 0 Å². The molecular weight excluding hydrogens is 260 g/mol. The van der Waals surface area contributed by atoms with Gasteiger partial charge in [0.2, 0.25) is 0 Å². The molecule has 102 valence electrons. The normalized spacial score (nSPS) is 10.5. The first kappa shape index (κ1) is 13.5. The van der Waals surface area contributed by atoms with Crippen LogP contribution >= 0.6 is 12.2 Å². The highest BCUT2D eigenvalue weighted by Crippen LogP contribution is 2.11. The second-order valence-electron chi connectivity index (χ2n) is 4.48. The number of rotatable bonds is 3. The van der Waals surface area contributed by atoms with Crippen molar-refractivity contribution in [1.29, 1.82) is 0 Å². The number of anilines is 1. The highest BCUT2D eigenvalue weighted by molar-refractivity contribution is 7.80. The molecule has 6 nitrogen and oxygen atoms in total. The Hall–Kier alpha value is -1.89. The van der Waals surface area contributed by atoms with Crippen LogP contribution in [0.4, 0.5) is 5.69 Å². The average Bonchev–Trinajstić information content (AvgIpc) is 2.83. The van der Waals surface area contributed by atoms with Gasteiger partial charge in [0.15, 0.2) is 5.11 Å². The minimum Gasteiger partial charge on any atom is -0.357 e. The van der Waals surface area contributed by atoms with E-state index in [1.165, 1.54) is 0 Å². The Morgan fingerprint density at radius 3 is 2.58 bits per heavy atom. The summed E-state index contributed by atoms with van der Waals surface area (Å²) in [6, 6.07) is 2.03. The van der Waals surface area contributed by atoms with Crippen molar-refractivity contribution in [2.24, 2.45) is 14.1 Å². The summed E-state index contributed by atoms with van der Waals surface area (Å²) in [6.45, 7) is 4.60. The zero-order valence-electron chi connectivity index (χ0n) is 11.6. The van der Waals surface area contributed by atoms with E-state index in [0.29, 0.717) is 11.7 Å². The van der Waals surface area contributed by atoms with Crippen LogP contribution < -0.4 is 10.6 Å². The standard InChI is InChI=1S/C12H18N6S/c1-8-5-10(18(4)16-8)6-13-12(19)15-11-7-14-17(3)9(11)2/h5,7H,6H2,1-4H3,(H2,13,15,19). The van der Waals surface area contributed by atoms with Gasteiger partial charge in [0, 0.05) is 14.1 Å². The molecule has 2 heterocycles. The van der Waals surface area contributed by atoms with Gasteiger partial charge in [-0.2, -0.15) is 10.2 Å². The predicted octanol–water partition coefficient (Wildman–Crippen LogP) is 1.26. The first-order valence-electron chi connectivity index (χ1n) is 6.00. The van der Waals surface area contributed by atoms with E-state index in [2.05, 4.69) is 20.8 Å². The van der Waals surface area contributed by atoms with Gasteiger partial charge in [-0.15, -0.1) is 0 Å². The quantitative estimate of drug-likeness (QED) is 0.828. The van der Waals surface area contributed by atoms with Crippen molar-refractivity contribution in [3.8, 4) is 0 Å². The molecule has 0 bridgehead atoms. The Kier molecular flexibility index (Phi) is 3.84. The second kappa shape index (κ2) is 5.40. The summed E-state index contributed by atoms with van der Waals surface area (Å²) in [5.41, 5.74) is 4.05. The van der Waals surface area contributed by atoms with Crippen molar-refractivity contribution < 1.29 is 0 Å². The topological polar surface area (TPSA) is 59.7 Å². The second-order valence-corrected chi connectivity index (χ2v) is 4.88. The summed E-state index contributed by atoms with van der Waals surface area (Å²) in [6.07, 6.45) is 1.76. The molecule has 0 spiro atoms. The van der Waals surface area contributed by atoms with Gasteiger partial charge >= 0.3 is 0 Å². The molecular formula is C12H18N6S. The molecule has 0 saturated heterocycles. The Balaban J connectivity index is 1.92. The van der Waals surface area contributed by atoms with Gasteiger partial charge in [-0.05, 0) is 32.1 Å². The molecule has 0 fully saturated rings. The molecule has 0 saturated carbocycles. The lowest BCUT2D eigenvalue weighted by Crippen LogP contribution is -2.28. The van der Waals surface area contributed by atoms with Gasteiger partial charge in [0.25, 0.3) is 0 Å². The van der Waals surface area contributed by atoms with Crippen molar-refractivity contribution in [2.75, 3.05) is 5.32 Å². The summed E-state index contributed by atoms with van der Waals surface area (Å²) in [5.74, 6) is 0. The minimum absolute atomic E-state index is 0.579. The Morgan fingerprint density at radius 1 is 1.32 bits per heavy atom. The summed E-state index contributed by atoms with van der Waals surface area (Å²) in [4.78, 5) is 0. The number of aryl methyl sites for hydroxylation is 3. The lowest BCUT2D eigenvalue weighted by molar-refractivity contribution is 0.689. The van der Waals surface area contributed by atoms with Gasteiger partial charge < -0.3 is 10.6 Å². The lowest BCUT2D eigenvalue weighted by atomic mass is 10.3. The van der Waals surface area contributed by atoms with Crippen molar-refractivity contribution in [3.05, 3.63) is 29.3 Å². The molecule has 2 aromatic rings. The number of nitrogens with zero attached hydrogens (tertiary/aromatic N) is 4. The fourth-order valence-corrected chi connectivity index (χ4v) is 1.97. The zero-order chi connectivity index (χ0) is 14.0. The third kappa shape index (κ3) is 3.11. The van der Waals surface area contributed by atoms with E-state index >= 15 is 0 Å². The first-order valence-corrected chi connectivity index (χ1v) is 6.41. The van der Waals surface area contributed by atoms with E-state index in [1.807, 2.05) is 38.7 Å². The molecule has 0 amide bonds. The highest BCUT2D eigenvalue weighted by Gasteiger charge is 2.06. The van der Waals surface area contributed by atoms with Crippen molar-refractivity contribution in [1.82, 2.24) is 24.9 Å². The smallest absolute Gasteiger partial charge is 0.171 e. The van der Waals surface area contributed by atoms with Crippen LogP contribution in [0.15, 0.2) is 12.3 Å². The van der Waals surface area contributed by atoms with Crippen molar-refractivity contribution in [2.45, 2.75) is 20.4 Å². The average molecular weight is 278 g/mol. The number of thiocarbonyl (C=S) groups is 1. The molecule has 0 unspecified atom stereocenters. The van der Waals surface area contributed by atoms with E-state index in [9.17, 15) is 0 Å². The Morgan fingerprint density at radius 2 is 2.05 bits per heavy atom. The maximum Gasteiger partial charge on any atom is 0.171 e. The zero-order valence-corrected chi connectivity index (χ0v) is 12.4. The third-order valence-corrected chi connectivity index (χ3v) is 3.26. The van der Waals surface area contributed by atoms with Crippen LogP contribution in [0.25, 0.3) is 0 Å². The molecule has 2 rings (SSSR count). The Bertz CT molecular complexity index is 597. The van der Waals surface area contributed by atoms with E-state index in [1.54, 1.807) is 10.9 Å². The molecule has 7 heteroatoms. The minimum atomic E-state index is 0.579. The van der Waals surface area contributed by atoms with Crippen LogP contribution in [0.5, 0.6) is 0 Å². The number of hydrogen-bond acceptors (Lipinski definition) is 3. The summed E-state index contributed by atoms with van der Waals surface area (Å²) >= 11 is 5.27. The number of hydrogen-bond donors (Lipinski definition) is 2. The summed E-state index contributed by atoms with van der Waals surface area (Å²) in [7, 11) is 3.82. The van der Waals surface area contributed by atoms with Crippen LogP contribution in [-0.2, 0) is 20.6 Å². The van der Waals surface area contributed by atoms with E-state index in [0.717, 1.165) is 22.8 Å². The van der Waals surface area contributed by atoms with Crippen LogP contribution in [0.1, 0.15) is 17.1 Å². The fraction of sp³-hybridized carbons (Fsp3) is 0.417. The molecule has 19 heavy (non-hydrogen) atoms. The van der Waals surface area contributed by atoms with E-state index in [4.69, 9.17) is 12.2 Å². The van der Waals surface area contributed by atoms with Crippen LogP contribution in [0.3, 0.4) is 0 Å². The number of nitrogens with one attached hydrogen (secondary N) is 2. The molecule has 0 atom stereocenters. The van der Waals surface area contributed by atoms with Gasteiger partial charge in [0.05, 0.1) is 35.5 Å². The molecule has 0 aliphatic heterocycles. The van der Waals surface area contributed by atoms with Crippen LogP contribution in [0.2, 0.25) is 0 Å². The first-order chi connectivity index (χ1) is 8.97. The maximum atomic E-state index is 5.27. The fourth-order valence-electron chi connectivity index (χ4n) is 1.79. The largest absolute Gasteiger partial charge is 0.357 e. The van der Waals surface area contributed by atoms with Gasteiger partial charge in [-0.3, -0.25) is 9.36 Å². The van der Waals surface area contributed by atoms with Gasteiger partial charge in [-0.1, -0.05) is 0 Å². The van der Waals surface area contributed by atoms with Crippen molar-refractivity contribution >= 4 is 23.0 Å². The van der Waals surface area contributed by atoms with Gasteiger partial charge in [-0.25, -0.2) is 0 Å².